The molecular weight excluding hydrogens is 248 g/mol. The number of furan rings is 1. The van der Waals surface area contributed by atoms with Gasteiger partial charge in [-0.1, -0.05) is 0 Å². The standard InChI is InChI=1S/C13H18N2O4/c1-10(16)15-6-2-5-14(7-8-15)9-11-3-4-12(19-11)13(17)18/h3-4H,2,5-9H2,1H3,(H,17,18). The normalized spacial score (nSPS) is 17.2. The molecule has 0 saturated carbocycles. The monoisotopic (exact) mass is 266 g/mol. The summed E-state index contributed by atoms with van der Waals surface area (Å²) < 4.78 is 5.24. The minimum absolute atomic E-state index is 0.0322. The van der Waals surface area contributed by atoms with E-state index in [1.807, 2.05) is 4.90 Å². The summed E-state index contributed by atoms with van der Waals surface area (Å²) in [4.78, 5) is 26.1. The largest absolute Gasteiger partial charge is 0.475 e. The molecule has 1 saturated heterocycles. The van der Waals surface area contributed by atoms with Crippen molar-refractivity contribution in [1.82, 2.24) is 9.80 Å². The van der Waals surface area contributed by atoms with Crippen molar-refractivity contribution in [3.63, 3.8) is 0 Å². The van der Waals surface area contributed by atoms with Crippen LogP contribution in [-0.4, -0.2) is 53.0 Å². The van der Waals surface area contributed by atoms with Gasteiger partial charge in [-0.25, -0.2) is 4.79 Å². The predicted octanol–water partition coefficient (Wildman–Crippen LogP) is 1.03. The number of nitrogens with zero attached hydrogens (tertiary/aromatic N) is 2. The second kappa shape index (κ2) is 5.88. The van der Waals surface area contributed by atoms with Crippen LogP contribution < -0.4 is 0 Å². The molecule has 1 aliphatic rings. The van der Waals surface area contributed by atoms with Gasteiger partial charge in [-0.05, 0) is 18.6 Å². The highest BCUT2D eigenvalue weighted by molar-refractivity contribution is 5.84. The lowest BCUT2D eigenvalue weighted by Gasteiger charge is -2.20. The van der Waals surface area contributed by atoms with Crippen molar-refractivity contribution < 1.29 is 19.1 Å². The summed E-state index contributed by atoms with van der Waals surface area (Å²) in [6, 6.07) is 3.16. The first-order valence-electron chi connectivity index (χ1n) is 6.36. The van der Waals surface area contributed by atoms with E-state index in [4.69, 9.17) is 9.52 Å². The first kappa shape index (κ1) is 13.6. The third-order valence-corrected chi connectivity index (χ3v) is 3.29. The fourth-order valence-electron chi connectivity index (χ4n) is 2.24. The van der Waals surface area contributed by atoms with E-state index in [2.05, 4.69) is 4.90 Å². The van der Waals surface area contributed by atoms with Crippen LogP contribution in [0.15, 0.2) is 16.5 Å². The number of hydrogen-bond acceptors (Lipinski definition) is 4. The van der Waals surface area contributed by atoms with E-state index >= 15 is 0 Å². The summed E-state index contributed by atoms with van der Waals surface area (Å²) in [7, 11) is 0. The van der Waals surface area contributed by atoms with Crippen LogP contribution in [0.3, 0.4) is 0 Å². The molecule has 0 atom stereocenters. The van der Waals surface area contributed by atoms with E-state index in [0.717, 1.165) is 26.1 Å². The molecule has 1 N–H and O–H groups in total. The molecule has 2 heterocycles. The predicted molar refractivity (Wildman–Crippen MR) is 67.8 cm³/mol. The zero-order chi connectivity index (χ0) is 13.8. The molecule has 6 nitrogen and oxygen atoms in total. The zero-order valence-electron chi connectivity index (χ0n) is 11.0. The molecule has 0 bridgehead atoms. The van der Waals surface area contributed by atoms with Crippen molar-refractivity contribution >= 4 is 11.9 Å². The average Bonchev–Trinajstić information content (AvgIpc) is 2.68. The fraction of sp³-hybridized carbons (Fsp3) is 0.538. The fourth-order valence-corrected chi connectivity index (χ4v) is 2.24. The lowest BCUT2D eigenvalue weighted by atomic mass is 10.3. The highest BCUT2D eigenvalue weighted by Crippen LogP contribution is 2.12. The number of carboxylic acids is 1. The van der Waals surface area contributed by atoms with Crippen molar-refractivity contribution in [2.45, 2.75) is 19.9 Å². The van der Waals surface area contributed by atoms with E-state index in [9.17, 15) is 9.59 Å². The number of aromatic carboxylic acids is 1. The molecule has 6 heteroatoms. The van der Waals surface area contributed by atoms with Gasteiger partial charge in [0.25, 0.3) is 0 Å². The first-order valence-corrected chi connectivity index (χ1v) is 6.36. The third kappa shape index (κ3) is 3.57. The molecule has 2 rings (SSSR count). The number of carboxylic acid groups (broad SMARTS) is 1. The molecule has 1 amide bonds. The highest BCUT2D eigenvalue weighted by Gasteiger charge is 2.18. The SMILES string of the molecule is CC(=O)N1CCCN(Cc2ccc(C(=O)O)o2)CC1. The summed E-state index contributed by atoms with van der Waals surface area (Å²) >= 11 is 0. The van der Waals surface area contributed by atoms with Gasteiger partial charge in [0.1, 0.15) is 5.76 Å². The number of rotatable bonds is 3. The molecule has 0 radical (unpaired) electrons. The minimum atomic E-state index is -1.05. The van der Waals surface area contributed by atoms with Crippen LogP contribution in [0.4, 0.5) is 0 Å². The maximum absolute atomic E-state index is 11.3. The molecule has 0 unspecified atom stereocenters. The van der Waals surface area contributed by atoms with E-state index in [0.29, 0.717) is 18.8 Å². The van der Waals surface area contributed by atoms with Gasteiger partial charge in [-0.2, -0.15) is 0 Å². The Morgan fingerprint density at radius 3 is 2.68 bits per heavy atom. The van der Waals surface area contributed by atoms with Crippen molar-refractivity contribution in [3.05, 3.63) is 23.7 Å². The van der Waals surface area contributed by atoms with E-state index in [-0.39, 0.29) is 11.7 Å². The smallest absolute Gasteiger partial charge is 0.371 e. The Hall–Kier alpha value is -1.82. The summed E-state index contributed by atoms with van der Waals surface area (Å²) in [5, 5.41) is 8.79. The maximum atomic E-state index is 11.3. The third-order valence-electron chi connectivity index (χ3n) is 3.29. The lowest BCUT2D eigenvalue weighted by molar-refractivity contribution is -0.128. The Kier molecular flexibility index (Phi) is 4.21. The van der Waals surface area contributed by atoms with Crippen LogP contribution >= 0.6 is 0 Å². The van der Waals surface area contributed by atoms with Crippen LogP contribution in [0.25, 0.3) is 0 Å². The van der Waals surface area contributed by atoms with Gasteiger partial charge >= 0.3 is 5.97 Å². The Balaban J connectivity index is 1.92. The number of hydrogen-bond donors (Lipinski definition) is 1. The summed E-state index contributed by atoms with van der Waals surface area (Å²) in [6.07, 6.45) is 0.923. The van der Waals surface area contributed by atoms with Crippen molar-refractivity contribution in [1.29, 1.82) is 0 Å². The maximum Gasteiger partial charge on any atom is 0.371 e. The first-order chi connectivity index (χ1) is 9.06. The Morgan fingerprint density at radius 2 is 2.05 bits per heavy atom. The van der Waals surface area contributed by atoms with Crippen molar-refractivity contribution in [2.75, 3.05) is 26.2 Å². The highest BCUT2D eigenvalue weighted by atomic mass is 16.4. The molecule has 19 heavy (non-hydrogen) atoms. The number of amides is 1. The van der Waals surface area contributed by atoms with Crippen LogP contribution in [0.1, 0.15) is 29.7 Å². The minimum Gasteiger partial charge on any atom is -0.475 e. The molecule has 0 aliphatic carbocycles. The van der Waals surface area contributed by atoms with E-state index < -0.39 is 5.97 Å². The molecule has 0 aromatic carbocycles. The molecule has 1 aliphatic heterocycles. The van der Waals surface area contributed by atoms with E-state index in [1.165, 1.54) is 6.07 Å². The summed E-state index contributed by atoms with van der Waals surface area (Å²) in [5.74, 6) is -0.332. The summed E-state index contributed by atoms with van der Waals surface area (Å²) in [6.45, 7) is 5.32. The molecule has 1 aromatic heterocycles. The van der Waals surface area contributed by atoms with Crippen LogP contribution in [-0.2, 0) is 11.3 Å². The second-order valence-corrected chi connectivity index (χ2v) is 4.71. The number of carbonyl (C=O) groups excluding carboxylic acids is 1. The second-order valence-electron chi connectivity index (χ2n) is 4.71. The Bertz CT molecular complexity index is 469. The molecule has 1 aromatic rings. The quantitative estimate of drug-likeness (QED) is 0.884. The van der Waals surface area contributed by atoms with Gasteiger partial charge in [0.05, 0.1) is 6.54 Å². The average molecular weight is 266 g/mol. The van der Waals surface area contributed by atoms with Crippen LogP contribution in [0.2, 0.25) is 0 Å². The van der Waals surface area contributed by atoms with Gasteiger partial charge in [-0.3, -0.25) is 9.69 Å². The van der Waals surface area contributed by atoms with Gasteiger partial charge in [0.15, 0.2) is 0 Å². The molecule has 1 fully saturated rings. The Morgan fingerprint density at radius 1 is 1.26 bits per heavy atom. The van der Waals surface area contributed by atoms with Gasteiger partial charge < -0.3 is 14.4 Å². The number of carbonyl (C=O) groups is 2. The van der Waals surface area contributed by atoms with Gasteiger partial charge in [0, 0.05) is 33.1 Å². The lowest BCUT2D eigenvalue weighted by Crippen LogP contribution is -2.33. The Labute approximate surface area is 111 Å². The van der Waals surface area contributed by atoms with Gasteiger partial charge in [0.2, 0.25) is 11.7 Å². The summed E-state index contributed by atoms with van der Waals surface area (Å²) in [5.41, 5.74) is 0. The van der Waals surface area contributed by atoms with Crippen molar-refractivity contribution in [2.24, 2.45) is 0 Å². The van der Waals surface area contributed by atoms with Gasteiger partial charge in [-0.15, -0.1) is 0 Å². The zero-order valence-corrected chi connectivity index (χ0v) is 11.0. The van der Waals surface area contributed by atoms with Crippen LogP contribution in [0, 0.1) is 0 Å². The van der Waals surface area contributed by atoms with Crippen LogP contribution in [0.5, 0.6) is 0 Å². The topological polar surface area (TPSA) is 74.0 Å². The molecule has 104 valence electrons. The molecular formula is C13H18N2O4. The van der Waals surface area contributed by atoms with Crippen molar-refractivity contribution in [3.8, 4) is 0 Å². The molecule has 0 spiro atoms. The van der Waals surface area contributed by atoms with E-state index in [1.54, 1.807) is 13.0 Å².